The van der Waals surface area contributed by atoms with Crippen molar-refractivity contribution in [1.82, 2.24) is 19.8 Å². The van der Waals surface area contributed by atoms with E-state index in [1.54, 1.807) is 16.9 Å². The lowest BCUT2D eigenvalue weighted by molar-refractivity contribution is 0.102. The van der Waals surface area contributed by atoms with Crippen LogP contribution in [0.3, 0.4) is 0 Å². The lowest BCUT2D eigenvalue weighted by atomic mass is 10.1. The number of amides is 1. The highest BCUT2D eigenvalue weighted by Gasteiger charge is 2.10. The quantitative estimate of drug-likeness (QED) is 0.574. The van der Waals surface area contributed by atoms with Crippen LogP contribution in [0.5, 0.6) is 0 Å². The zero-order valence-electron chi connectivity index (χ0n) is 12.9. The fraction of sp³-hybridized carbons (Fsp3) is 0. The number of nitrogens with one attached hydrogen (secondary N) is 1. The molecule has 4 aromatic rings. The number of carbonyl (C=O) groups excluding carboxylic acids is 1. The molecule has 1 N–H and O–H groups in total. The SMILES string of the molecule is O=C(Nc1cccc(-c2ccc3nncn3n2)c1)c1ccccc1Br. The van der Waals surface area contributed by atoms with Crippen molar-refractivity contribution < 1.29 is 4.79 Å². The van der Waals surface area contributed by atoms with Crippen LogP contribution in [-0.2, 0) is 0 Å². The molecule has 0 unspecified atom stereocenters. The number of hydrogen-bond donors (Lipinski definition) is 1. The number of benzene rings is 2. The molecule has 0 aliphatic rings. The monoisotopic (exact) mass is 393 g/mol. The van der Waals surface area contributed by atoms with Crippen molar-refractivity contribution in [2.24, 2.45) is 0 Å². The van der Waals surface area contributed by atoms with Crippen LogP contribution in [0.2, 0.25) is 0 Å². The van der Waals surface area contributed by atoms with Gasteiger partial charge in [0.15, 0.2) is 5.65 Å². The maximum Gasteiger partial charge on any atom is 0.256 e. The minimum Gasteiger partial charge on any atom is -0.322 e. The predicted octanol–water partition coefficient (Wildman–Crippen LogP) is 3.81. The van der Waals surface area contributed by atoms with E-state index in [0.29, 0.717) is 16.9 Å². The summed E-state index contributed by atoms with van der Waals surface area (Å²) in [6, 6.07) is 18.6. The van der Waals surface area contributed by atoms with E-state index in [1.807, 2.05) is 54.6 Å². The molecule has 122 valence electrons. The van der Waals surface area contributed by atoms with Crippen LogP contribution < -0.4 is 5.32 Å². The van der Waals surface area contributed by atoms with Crippen LogP contribution >= 0.6 is 15.9 Å². The Labute approximate surface area is 151 Å². The molecular weight excluding hydrogens is 382 g/mol. The van der Waals surface area contributed by atoms with Crippen LogP contribution in [0, 0.1) is 0 Å². The Kier molecular flexibility index (Phi) is 3.99. The van der Waals surface area contributed by atoms with E-state index in [-0.39, 0.29) is 5.91 Å². The Bertz CT molecular complexity index is 1080. The van der Waals surface area contributed by atoms with Gasteiger partial charge in [0, 0.05) is 15.7 Å². The van der Waals surface area contributed by atoms with Gasteiger partial charge >= 0.3 is 0 Å². The van der Waals surface area contributed by atoms with Crippen molar-refractivity contribution in [3.8, 4) is 11.3 Å². The molecular formula is C18H12BrN5O. The summed E-state index contributed by atoms with van der Waals surface area (Å²) in [5.41, 5.74) is 3.62. The van der Waals surface area contributed by atoms with Gasteiger partial charge < -0.3 is 5.32 Å². The molecule has 4 rings (SSSR count). The summed E-state index contributed by atoms with van der Waals surface area (Å²) in [4.78, 5) is 12.4. The molecule has 0 bridgehead atoms. The van der Waals surface area contributed by atoms with Crippen LogP contribution in [-0.4, -0.2) is 25.7 Å². The number of anilines is 1. The average molecular weight is 394 g/mol. The number of carbonyl (C=O) groups is 1. The number of fused-ring (bicyclic) bond motifs is 1. The summed E-state index contributed by atoms with van der Waals surface area (Å²) in [6.07, 6.45) is 1.55. The third-order valence-corrected chi connectivity index (χ3v) is 4.39. The van der Waals surface area contributed by atoms with E-state index in [4.69, 9.17) is 0 Å². The molecule has 1 amide bonds. The maximum absolute atomic E-state index is 12.4. The molecule has 0 radical (unpaired) electrons. The van der Waals surface area contributed by atoms with Crippen molar-refractivity contribution in [3.05, 3.63) is 77.0 Å². The van der Waals surface area contributed by atoms with Crippen molar-refractivity contribution in [2.75, 3.05) is 5.32 Å². The fourth-order valence-electron chi connectivity index (χ4n) is 2.48. The van der Waals surface area contributed by atoms with E-state index < -0.39 is 0 Å². The second-order valence-electron chi connectivity index (χ2n) is 5.37. The van der Waals surface area contributed by atoms with Gasteiger partial charge in [-0.2, -0.15) is 9.61 Å². The van der Waals surface area contributed by atoms with E-state index in [0.717, 1.165) is 15.7 Å². The van der Waals surface area contributed by atoms with Crippen LogP contribution in [0.4, 0.5) is 5.69 Å². The maximum atomic E-state index is 12.4. The Hall–Kier alpha value is -3.06. The molecule has 0 aliphatic carbocycles. The molecule has 0 fully saturated rings. The molecule has 25 heavy (non-hydrogen) atoms. The van der Waals surface area contributed by atoms with Crippen molar-refractivity contribution in [2.45, 2.75) is 0 Å². The minimum absolute atomic E-state index is 0.174. The van der Waals surface area contributed by atoms with Gasteiger partial charge in [-0.1, -0.05) is 24.3 Å². The third-order valence-electron chi connectivity index (χ3n) is 3.70. The second-order valence-corrected chi connectivity index (χ2v) is 6.22. The minimum atomic E-state index is -0.174. The van der Waals surface area contributed by atoms with E-state index in [1.165, 1.54) is 0 Å². The molecule has 2 aromatic heterocycles. The van der Waals surface area contributed by atoms with Gasteiger partial charge in [-0.3, -0.25) is 4.79 Å². The lowest BCUT2D eigenvalue weighted by Gasteiger charge is -2.08. The molecule has 0 atom stereocenters. The normalized spacial score (nSPS) is 10.8. The van der Waals surface area contributed by atoms with Crippen molar-refractivity contribution >= 4 is 33.2 Å². The smallest absolute Gasteiger partial charge is 0.256 e. The summed E-state index contributed by atoms with van der Waals surface area (Å²) >= 11 is 3.40. The molecule has 6 nitrogen and oxygen atoms in total. The summed E-state index contributed by atoms with van der Waals surface area (Å²) in [5, 5.41) is 15.1. The number of hydrogen-bond acceptors (Lipinski definition) is 4. The van der Waals surface area contributed by atoms with E-state index >= 15 is 0 Å². The lowest BCUT2D eigenvalue weighted by Crippen LogP contribution is -2.12. The standard InChI is InChI=1S/C18H12BrN5O/c19-15-7-2-1-6-14(15)18(25)21-13-5-3-4-12(10-13)16-8-9-17-22-20-11-24(17)23-16/h1-11H,(H,21,25). The van der Waals surface area contributed by atoms with Crippen LogP contribution in [0.15, 0.2) is 71.5 Å². The van der Waals surface area contributed by atoms with Gasteiger partial charge in [0.05, 0.1) is 11.3 Å². The Morgan fingerprint density at radius 2 is 1.92 bits per heavy atom. The predicted molar refractivity (Wildman–Crippen MR) is 98.3 cm³/mol. The highest BCUT2D eigenvalue weighted by atomic mass is 79.9. The Morgan fingerprint density at radius 1 is 1.04 bits per heavy atom. The first-order valence-electron chi connectivity index (χ1n) is 7.54. The van der Waals surface area contributed by atoms with Gasteiger partial charge in [-0.05, 0) is 52.3 Å². The Balaban J connectivity index is 1.63. The highest BCUT2D eigenvalue weighted by Crippen LogP contribution is 2.22. The summed E-state index contributed by atoms with van der Waals surface area (Å²) < 4.78 is 2.37. The van der Waals surface area contributed by atoms with E-state index in [2.05, 4.69) is 36.5 Å². The number of halogens is 1. The molecule has 0 aliphatic heterocycles. The first-order chi connectivity index (χ1) is 12.2. The molecule has 7 heteroatoms. The van der Waals surface area contributed by atoms with Gasteiger partial charge in [-0.25, -0.2) is 0 Å². The fourth-order valence-corrected chi connectivity index (χ4v) is 2.95. The number of nitrogens with zero attached hydrogens (tertiary/aromatic N) is 4. The topological polar surface area (TPSA) is 72.2 Å². The Morgan fingerprint density at radius 3 is 2.80 bits per heavy atom. The molecule has 0 saturated carbocycles. The van der Waals surface area contributed by atoms with Gasteiger partial charge in [0.2, 0.25) is 0 Å². The zero-order chi connectivity index (χ0) is 17.2. The molecule has 0 spiro atoms. The summed E-state index contributed by atoms with van der Waals surface area (Å²) in [7, 11) is 0. The first kappa shape index (κ1) is 15.5. The summed E-state index contributed by atoms with van der Waals surface area (Å²) in [6.45, 7) is 0. The largest absolute Gasteiger partial charge is 0.322 e. The van der Waals surface area contributed by atoms with Crippen LogP contribution in [0.25, 0.3) is 16.9 Å². The molecule has 0 saturated heterocycles. The highest BCUT2D eigenvalue weighted by molar-refractivity contribution is 9.10. The van der Waals surface area contributed by atoms with Crippen molar-refractivity contribution in [3.63, 3.8) is 0 Å². The van der Waals surface area contributed by atoms with E-state index in [9.17, 15) is 4.79 Å². The number of aromatic nitrogens is 4. The van der Waals surface area contributed by atoms with Gasteiger partial charge in [0.25, 0.3) is 5.91 Å². The van der Waals surface area contributed by atoms with Gasteiger partial charge in [-0.15, -0.1) is 10.2 Å². The third kappa shape index (κ3) is 3.14. The van der Waals surface area contributed by atoms with Crippen LogP contribution in [0.1, 0.15) is 10.4 Å². The molecule has 2 aromatic carbocycles. The first-order valence-corrected chi connectivity index (χ1v) is 8.33. The van der Waals surface area contributed by atoms with Gasteiger partial charge in [0.1, 0.15) is 6.33 Å². The zero-order valence-corrected chi connectivity index (χ0v) is 14.5. The van der Waals surface area contributed by atoms with Crippen molar-refractivity contribution in [1.29, 1.82) is 0 Å². The molecule has 2 heterocycles. The summed E-state index contributed by atoms with van der Waals surface area (Å²) in [5.74, 6) is -0.174. The average Bonchev–Trinajstić information content (AvgIpc) is 3.10. The second kappa shape index (κ2) is 6.45. The number of rotatable bonds is 3.